The van der Waals surface area contributed by atoms with Gasteiger partial charge in [-0.25, -0.2) is 0 Å². The predicted octanol–water partition coefficient (Wildman–Crippen LogP) is 2.94. The van der Waals surface area contributed by atoms with Gasteiger partial charge in [-0.1, -0.05) is 0 Å². The number of rotatable bonds is 7. The minimum Gasteiger partial charge on any atom is -0.466 e. The lowest BCUT2D eigenvalue weighted by Gasteiger charge is -2.03. The van der Waals surface area contributed by atoms with Gasteiger partial charge in [0.25, 0.3) is 0 Å². The topological polar surface area (TPSA) is 38.3 Å². The zero-order chi connectivity index (χ0) is 11.8. The van der Waals surface area contributed by atoms with Gasteiger partial charge < -0.3 is 10.1 Å². The summed E-state index contributed by atoms with van der Waals surface area (Å²) in [7, 11) is 0. The average molecular weight is 306 g/mol. The molecule has 1 N–H and O–H groups in total. The number of halogens is 1. The molecule has 0 aromatic carbocycles. The molecule has 0 aliphatic heterocycles. The lowest BCUT2D eigenvalue weighted by atomic mass is 10.3. The quantitative estimate of drug-likeness (QED) is 0.622. The number of hydrogen-bond donors (Lipinski definition) is 1. The van der Waals surface area contributed by atoms with Gasteiger partial charge in [-0.3, -0.25) is 4.79 Å². The summed E-state index contributed by atoms with van der Waals surface area (Å²) in [6, 6.07) is 2.04. The van der Waals surface area contributed by atoms with Crippen molar-refractivity contribution in [2.45, 2.75) is 26.3 Å². The minimum atomic E-state index is -0.110. The molecule has 1 rings (SSSR count). The summed E-state index contributed by atoms with van der Waals surface area (Å²) in [5, 5.41) is 5.35. The molecule has 0 atom stereocenters. The SMILES string of the molecule is CCOC(=O)CCCNCc1sccc1Br. The standard InChI is InChI=1S/C11H16BrNO2S/c1-2-15-11(14)4-3-6-13-8-10-9(12)5-7-16-10/h5,7,13H,2-4,6,8H2,1H3. The molecule has 0 aliphatic carbocycles. The predicted molar refractivity (Wildman–Crippen MR) is 69.6 cm³/mol. The maximum Gasteiger partial charge on any atom is 0.305 e. The van der Waals surface area contributed by atoms with Gasteiger partial charge in [0.05, 0.1) is 6.61 Å². The van der Waals surface area contributed by atoms with Gasteiger partial charge in [0.15, 0.2) is 0 Å². The Bertz CT molecular complexity index is 328. The molecule has 0 unspecified atom stereocenters. The number of carbonyl (C=O) groups is 1. The van der Waals surface area contributed by atoms with Gasteiger partial charge in [0.2, 0.25) is 0 Å². The van der Waals surface area contributed by atoms with Crippen LogP contribution in [0, 0.1) is 0 Å². The Morgan fingerprint density at radius 2 is 2.44 bits per heavy atom. The van der Waals surface area contributed by atoms with Crippen molar-refractivity contribution in [2.24, 2.45) is 0 Å². The van der Waals surface area contributed by atoms with E-state index in [1.165, 1.54) is 4.88 Å². The number of thiophene rings is 1. The third-order valence-corrected chi connectivity index (χ3v) is 3.94. The summed E-state index contributed by atoms with van der Waals surface area (Å²) in [5.41, 5.74) is 0. The van der Waals surface area contributed by atoms with Crippen LogP contribution in [0.3, 0.4) is 0 Å². The second kappa shape index (κ2) is 7.81. The maximum absolute atomic E-state index is 11.0. The number of esters is 1. The molecule has 1 aromatic rings. The molecule has 0 saturated heterocycles. The summed E-state index contributed by atoms with van der Waals surface area (Å²) in [5.74, 6) is -0.110. The van der Waals surface area contributed by atoms with Crippen molar-refractivity contribution in [1.82, 2.24) is 5.32 Å². The monoisotopic (exact) mass is 305 g/mol. The van der Waals surface area contributed by atoms with E-state index in [-0.39, 0.29) is 5.97 Å². The van der Waals surface area contributed by atoms with E-state index in [4.69, 9.17) is 4.74 Å². The lowest BCUT2D eigenvalue weighted by Crippen LogP contribution is -2.16. The van der Waals surface area contributed by atoms with Crippen molar-refractivity contribution in [3.05, 3.63) is 20.8 Å². The highest BCUT2D eigenvalue weighted by Crippen LogP contribution is 2.21. The van der Waals surface area contributed by atoms with Crippen LogP contribution >= 0.6 is 27.3 Å². The fraction of sp³-hybridized carbons (Fsp3) is 0.545. The van der Waals surface area contributed by atoms with E-state index in [0.29, 0.717) is 13.0 Å². The smallest absolute Gasteiger partial charge is 0.305 e. The summed E-state index contributed by atoms with van der Waals surface area (Å²) in [6.45, 7) is 3.98. The molecular weight excluding hydrogens is 290 g/mol. The third-order valence-electron chi connectivity index (χ3n) is 2.02. The zero-order valence-corrected chi connectivity index (χ0v) is 11.7. The van der Waals surface area contributed by atoms with E-state index >= 15 is 0 Å². The summed E-state index contributed by atoms with van der Waals surface area (Å²) >= 11 is 5.20. The van der Waals surface area contributed by atoms with Crippen LogP contribution in [-0.2, 0) is 16.1 Å². The van der Waals surface area contributed by atoms with Crippen molar-refractivity contribution < 1.29 is 9.53 Å². The second-order valence-corrected chi connectivity index (χ2v) is 5.13. The van der Waals surface area contributed by atoms with Crippen molar-refractivity contribution in [2.75, 3.05) is 13.2 Å². The molecule has 0 aliphatic rings. The number of carbonyl (C=O) groups excluding carboxylic acids is 1. The first-order valence-corrected chi connectivity index (χ1v) is 6.99. The summed E-state index contributed by atoms with van der Waals surface area (Å²) in [6.07, 6.45) is 1.31. The van der Waals surface area contributed by atoms with Crippen molar-refractivity contribution in [1.29, 1.82) is 0 Å². The van der Waals surface area contributed by atoms with Gasteiger partial charge >= 0.3 is 5.97 Å². The van der Waals surface area contributed by atoms with Gasteiger partial charge in [-0.2, -0.15) is 0 Å². The van der Waals surface area contributed by atoms with Crippen molar-refractivity contribution in [3.8, 4) is 0 Å². The van der Waals surface area contributed by atoms with Crippen LogP contribution in [-0.4, -0.2) is 19.1 Å². The van der Waals surface area contributed by atoms with Crippen LogP contribution in [0.15, 0.2) is 15.9 Å². The molecule has 3 nitrogen and oxygen atoms in total. The van der Waals surface area contributed by atoms with Crippen LogP contribution in [0.2, 0.25) is 0 Å². The van der Waals surface area contributed by atoms with Crippen LogP contribution in [0.1, 0.15) is 24.6 Å². The molecule has 0 bridgehead atoms. The highest BCUT2D eigenvalue weighted by atomic mass is 79.9. The fourth-order valence-corrected chi connectivity index (χ4v) is 2.71. The molecule has 0 saturated carbocycles. The second-order valence-electron chi connectivity index (χ2n) is 3.28. The van der Waals surface area contributed by atoms with E-state index < -0.39 is 0 Å². The van der Waals surface area contributed by atoms with E-state index in [1.54, 1.807) is 11.3 Å². The zero-order valence-electron chi connectivity index (χ0n) is 9.29. The molecule has 0 amide bonds. The number of nitrogens with one attached hydrogen (secondary N) is 1. The Morgan fingerprint density at radius 1 is 1.62 bits per heavy atom. The molecular formula is C11H16BrNO2S. The lowest BCUT2D eigenvalue weighted by molar-refractivity contribution is -0.143. The maximum atomic E-state index is 11.0. The first-order chi connectivity index (χ1) is 7.74. The normalized spacial score (nSPS) is 10.4. The van der Waals surface area contributed by atoms with Crippen LogP contribution in [0.5, 0.6) is 0 Å². The average Bonchev–Trinajstić information content (AvgIpc) is 2.64. The highest BCUT2D eigenvalue weighted by Gasteiger charge is 2.02. The Balaban J connectivity index is 2.04. The van der Waals surface area contributed by atoms with Crippen molar-refractivity contribution in [3.63, 3.8) is 0 Å². The molecule has 0 fully saturated rings. The molecule has 1 aromatic heterocycles. The Morgan fingerprint density at radius 3 is 3.06 bits per heavy atom. The van der Waals surface area contributed by atoms with Gasteiger partial charge in [-0.15, -0.1) is 11.3 Å². The van der Waals surface area contributed by atoms with E-state index in [9.17, 15) is 4.79 Å². The molecule has 90 valence electrons. The fourth-order valence-electron chi connectivity index (χ4n) is 1.24. The minimum absolute atomic E-state index is 0.110. The van der Waals surface area contributed by atoms with E-state index in [0.717, 1.165) is 24.0 Å². The van der Waals surface area contributed by atoms with Crippen molar-refractivity contribution >= 4 is 33.2 Å². The molecule has 0 spiro atoms. The van der Waals surface area contributed by atoms with Gasteiger partial charge in [-0.05, 0) is 47.3 Å². The Labute approximate surface area is 108 Å². The van der Waals surface area contributed by atoms with Crippen LogP contribution in [0.4, 0.5) is 0 Å². The highest BCUT2D eigenvalue weighted by molar-refractivity contribution is 9.10. The van der Waals surface area contributed by atoms with Crippen LogP contribution < -0.4 is 5.32 Å². The van der Waals surface area contributed by atoms with E-state index in [1.807, 2.05) is 13.0 Å². The summed E-state index contributed by atoms with van der Waals surface area (Å²) in [4.78, 5) is 12.3. The van der Waals surface area contributed by atoms with E-state index in [2.05, 4.69) is 26.6 Å². The first kappa shape index (κ1) is 13.7. The molecule has 1 heterocycles. The molecule has 0 radical (unpaired) electrons. The summed E-state index contributed by atoms with van der Waals surface area (Å²) < 4.78 is 5.99. The first-order valence-electron chi connectivity index (χ1n) is 5.32. The third kappa shape index (κ3) is 5.09. The van der Waals surface area contributed by atoms with Gasteiger partial charge in [0, 0.05) is 22.3 Å². The number of ether oxygens (including phenoxy) is 1. The molecule has 5 heteroatoms. The Kier molecular flexibility index (Phi) is 6.68. The Hall–Kier alpha value is -0.390. The molecule has 16 heavy (non-hydrogen) atoms. The largest absolute Gasteiger partial charge is 0.466 e. The van der Waals surface area contributed by atoms with Gasteiger partial charge in [0.1, 0.15) is 0 Å². The number of hydrogen-bond acceptors (Lipinski definition) is 4. The van der Waals surface area contributed by atoms with Crippen LogP contribution in [0.25, 0.3) is 0 Å².